The number of aliphatic hydroxyl groups is 1. The maximum Gasteiger partial charge on any atom is 0.314 e. The topological polar surface area (TPSA) is 61.4 Å². The van der Waals surface area contributed by atoms with Crippen LogP contribution >= 0.6 is 11.6 Å². The van der Waals surface area contributed by atoms with Crippen molar-refractivity contribution in [2.24, 2.45) is 0 Å². The summed E-state index contributed by atoms with van der Waals surface area (Å²) < 4.78 is 0. The molecule has 2 amide bonds. The van der Waals surface area contributed by atoms with Gasteiger partial charge in [-0.1, -0.05) is 54.1 Å². The lowest BCUT2D eigenvalue weighted by atomic mass is 10.1. The molecule has 0 fully saturated rings. The number of hydrogen-bond acceptors (Lipinski definition) is 2. The highest BCUT2D eigenvalue weighted by Gasteiger charge is 2.09. The second-order valence-electron chi connectivity index (χ2n) is 4.94. The number of aliphatic hydroxyl groups excluding tert-OH is 1. The van der Waals surface area contributed by atoms with Gasteiger partial charge >= 0.3 is 6.03 Å². The summed E-state index contributed by atoms with van der Waals surface area (Å²) in [6.45, 7) is 0.700. The number of hydrogen-bond donors (Lipinski definition) is 3. The zero-order valence-corrected chi connectivity index (χ0v) is 12.9. The molecule has 4 nitrogen and oxygen atoms in total. The first-order valence-corrected chi connectivity index (χ1v) is 7.52. The molecule has 2 aromatic carbocycles. The molecule has 0 saturated carbocycles. The molecular weight excluding hydrogens is 300 g/mol. The van der Waals surface area contributed by atoms with Crippen molar-refractivity contribution < 1.29 is 9.90 Å². The molecule has 0 heterocycles. The summed E-state index contributed by atoms with van der Waals surface area (Å²) in [6.07, 6.45) is 0.0192. The molecule has 3 N–H and O–H groups in total. The summed E-state index contributed by atoms with van der Waals surface area (Å²) in [5.74, 6) is 0. The Hall–Kier alpha value is -2.04. The number of carbonyl (C=O) groups excluding carboxylic acids is 1. The van der Waals surface area contributed by atoms with Crippen molar-refractivity contribution in [3.8, 4) is 0 Å². The maximum absolute atomic E-state index is 11.7. The van der Waals surface area contributed by atoms with Gasteiger partial charge in [0.25, 0.3) is 0 Å². The summed E-state index contributed by atoms with van der Waals surface area (Å²) in [7, 11) is 0. The minimum atomic E-state index is -0.753. The zero-order chi connectivity index (χ0) is 15.8. The monoisotopic (exact) mass is 318 g/mol. The molecule has 0 aliphatic rings. The molecule has 2 rings (SSSR count). The summed E-state index contributed by atoms with van der Waals surface area (Å²) in [6, 6.07) is 16.5. The van der Waals surface area contributed by atoms with Crippen LogP contribution in [0.4, 0.5) is 4.79 Å². The Kier molecular flexibility index (Phi) is 6.25. The van der Waals surface area contributed by atoms with Crippen LogP contribution in [0.1, 0.15) is 17.2 Å². The molecule has 5 heteroatoms. The minimum absolute atomic E-state index is 0.152. The van der Waals surface area contributed by atoms with Gasteiger partial charge in [-0.05, 0) is 29.7 Å². The zero-order valence-electron chi connectivity index (χ0n) is 12.1. The Morgan fingerprint density at radius 3 is 2.41 bits per heavy atom. The summed E-state index contributed by atoms with van der Waals surface area (Å²) in [4.78, 5) is 11.7. The van der Waals surface area contributed by atoms with E-state index in [1.165, 1.54) is 5.56 Å². The summed E-state index contributed by atoms with van der Waals surface area (Å²) >= 11 is 5.79. The van der Waals surface area contributed by atoms with E-state index in [2.05, 4.69) is 10.6 Å². The molecule has 0 aliphatic carbocycles. The minimum Gasteiger partial charge on any atom is -0.387 e. The number of benzene rings is 2. The van der Waals surface area contributed by atoms with Crippen molar-refractivity contribution in [2.75, 3.05) is 13.1 Å². The molecule has 2 aromatic rings. The van der Waals surface area contributed by atoms with E-state index in [4.69, 9.17) is 11.6 Å². The van der Waals surface area contributed by atoms with E-state index in [1.807, 2.05) is 30.3 Å². The van der Waals surface area contributed by atoms with Gasteiger partial charge in [0, 0.05) is 18.1 Å². The van der Waals surface area contributed by atoms with Gasteiger partial charge in [0.15, 0.2) is 0 Å². The first-order chi connectivity index (χ1) is 10.6. The lowest BCUT2D eigenvalue weighted by Crippen LogP contribution is -2.38. The van der Waals surface area contributed by atoms with Crippen LogP contribution < -0.4 is 10.6 Å². The Labute approximate surface area is 135 Å². The van der Waals surface area contributed by atoms with E-state index in [0.717, 1.165) is 6.42 Å². The van der Waals surface area contributed by atoms with Crippen molar-refractivity contribution in [1.82, 2.24) is 10.6 Å². The van der Waals surface area contributed by atoms with E-state index in [9.17, 15) is 9.90 Å². The van der Waals surface area contributed by atoms with Gasteiger partial charge in [-0.25, -0.2) is 4.79 Å². The Balaban J connectivity index is 1.68. The first kappa shape index (κ1) is 16.3. The molecule has 1 unspecified atom stereocenters. The van der Waals surface area contributed by atoms with E-state index in [0.29, 0.717) is 17.1 Å². The molecule has 0 bridgehead atoms. The fourth-order valence-electron chi connectivity index (χ4n) is 2.02. The van der Waals surface area contributed by atoms with E-state index < -0.39 is 6.10 Å². The van der Waals surface area contributed by atoms with Gasteiger partial charge in [0.1, 0.15) is 0 Å². The Morgan fingerprint density at radius 2 is 1.73 bits per heavy atom. The third kappa shape index (κ3) is 5.39. The quantitative estimate of drug-likeness (QED) is 0.767. The molecule has 0 radical (unpaired) electrons. The highest BCUT2D eigenvalue weighted by Crippen LogP contribution is 2.15. The predicted octanol–water partition coefficient (Wildman–Crippen LogP) is 2.92. The molecule has 0 aliphatic heterocycles. The van der Waals surface area contributed by atoms with Crippen LogP contribution in [0.2, 0.25) is 5.02 Å². The van der Waals surface area contributed by atoms with Gasteiger partial charge in [-0.15, -0.1) is 0 Å². The van der Waals surface area contributed by atoms with Crippen molar-refractivity contribution in [2.45, 2.75) is 12.5 Å². The van der Waals surface area contributed by atoms with Crippen LogP contribution in [0.3, 0.4) is 0 Å². The molecule has 22 heavy (non-hydrogen) atoms. The number of urea groups is 1. The lowest BCUT2D eigenvalue weighted by Gasteiger charge is -2.13. The molecule has 0 saturated heterocycles. The van der Waals surface area contributed by atoms with Crippen molar-refractivity contribution in [3.63, 3.8) is 0 Å². The Bertz CT molecular complexity index is 587. The van der Waals surface area contributed by atoms with Gasteiger partial charge in [0.05, 0.1) is 6.10 Å². The van der Waals surface area contributed by atoms with Gasteiger partial charge < -0.3 is 15.7 Å². The number of nitrogens with one attached hydrogen (secondary N) is 2. The van der Waals surface area contributed by atoms with E-state index in [1.54, 1.807) is 24.3 Å². The first-order valence-electron chi connectivity index (χ1n) is 7.14. The van der Waals surface area contributed by atoms with E-state index >= 15 is 0 Å². The van der Waals surface area contributed by atoms with Gasteiger partial charge in [-0.2, -0.15) is 0 Å². The molecule has 0 spiro atoms. The number of carbonyl (C=O) groups is 1. The number of amides is 2. The number of rotatable bonds is 6. The lowest BCUT2D eigenvalue weighted by molar-refractivity contribution is 0.173. The second kappa shape index (κ2) is 8.41. The third-order valence-corrected chi connectivity index (χ3v) is 3.50. The van der Waals surface area contributed by atoms with Crippen LogP contribution in [0.5, 0.6) is 0 Å². The fourth-order valence-corrected chi connectivity index (χ4v) is 2.15. The van der Waals surface area contributed by atoms with Crippen molar-refractivity contribution in [1.29, 1.82) is 0 Å². The summed E-state index contributed by atoms with van der Waals surface area (Å²) in [5.41, 5.74) is 1.89. The maximum atomic E-state index is 11.7. The van der Waals surface area contributed by atoms with Crippen LogP contribution in [0.25, 0.3) is 0 Å². The standard InChI is InChI=1S/C17H19ClN2O2/c18-15-8-6-14(7-9-15)16(21)12-20-17(22)19-11-10-13-4-2-1-3-5-13/h1-9,16,21H,10-12H2,(H2,19,20,22). The van der Waals surface area contributed by atoms with Crippen LogP contribution in [0, 0.1) is 0 Å². The van der Waals surface area contributed by atoms with Crippen LogP contribution in [-0.2, 0) is 6.42 Å². The van der Waals surface area contributed by atoms with Gasteiger partial charge in [-0.3, -0.25) is 0 Å². The fraction of sp³-hybridized carbons (Fsp3) is 0.235. The van der Waals surface area contributed by atoms with E-state index in [-0.39, 0.29) is 12.6 Å². The normalized spacial score (nSPS) is 11.7. The smallest absolute Gasteiger partial charge is 0.314 e. The highest BCUT2D eigenvalue weighted by molar-refractivity contribution is 6.30. The number of halogens is 1. The van der Waals surface area contributed by atoms with Crippen molar-refractivity contribution in [3.05, 3.63) is 70.7 Å². The molecule has 116 valence electrons. The van der Waals surface area contributed by atoms with Crippen molar-refractivity contribution >= 4 is 17.6 Å². The second-order valence-corrected chi connectivity index (χ2v) is 5.38. The summed E-state index contributed by atoms with van der Waals surface area (Å²) in [5, 5.41) is 16.0. The largest absolute Gasteiger partial charge is 0.387 e. The average molecular weight is 319 g/mol. The average Bonchev–Trinajstić information content (AvgIpc) is 2.54. The SMILES string of the molecule is O=C(NCCc1ccccc1)NCC(O)c1ccc(Cl)cc1. The predicted molar refractivity (Wildman–Crippen MR) is 88.0 cm³/mol. The Morgan fingerprint density at radius 1 is 1.05 bits per heavy atom. The molecule has 1 atom stereocenters. The van der Waals surface area contributed by atoms with Crippen LogP contribution in [0.15, 0.2) is 54.6 Å². The highest BCUT2D eigenvalue weighted by atomic mass is 35.5. The van der Waals surface area contributed by atoms with Crippen LogP contribution in [-0.4, -0.2) is 24.2 Å². The third-order valence-electron chi connectivity index (χ3n) is 3.25. The van der Waals surface area contributed by atoms with Gasteiger partial charge in [0.2, 0.25) is 0 Å². The molecular formula is C17H19ClN2O2. The molecule has 0 aromatic heterocycles.